The number of nitrogens with zero attached hydrogens (tertiary/aromatic N) is 1. The van der Waals surface area contributed by atoms with Gasteiger partial charge in [0.2, 0.25) is 0 Å². The summed E-state index contributed by atoms with van der Waals surface area (Å²) in [6.45, 7) is 4.61. The van der Waals surface area contributed by atoms with E-state index in [9.17, 15) is 13.2 Å². The third-order valence-corrected chi connectivity index (χ3v) is 4.61. The molecule has 0 saturated heterocycles. The number of benzene rings is 1. The molecule has 7 heteroatoms. The minimum atomic E-state index is -3.46. The molecular weight excluding hydrogens is 292 g/mol. The van der Waals surface area contributed by atoms with E-state index in [-0.39, 0.29) is 6.54 Å². The first kappa shape index (κ1) is 17.4. The van der Waals surface area contributed by atoms with Crippen molar-refractivity contribution in [2.75, 3.05) is 13.1 Å². The smallest absolute Gasteiger partial charge is 0.328 e. The molecule has 0 atom stereocenters. The number of hydrogen-bond acceptors (Lipinski definition) is 3. The lowest BCUT2D eigenvalue weighted by atomic mass is 10.1. The molecule has 1 aromatic rings. The van der Waals surface area contributed by atoms with Gasteiger partial charge in [0.1, 0.15) is 0 Å². The lowest BCUT2D eigenvalue weighted by Crippen LogP contribution is -2.40. The number of nitrogens with one attached hydrogen (secondary N) is 1. The highest BCUT2D eigenvalue weighted by Crippen LogP contribution is 2.07. The van der Waals surface area contributed by atoms with E-state index < -0.39 is 16.2 Å². The predicted molar refractivity (Wildman–Crippen MR) is 81.8 cm³/mol. The Balaban J connectivity index is 2.67. The fraction of sp³-hybridized carbons (Fsp3) is 0.357. The molecule has 0 saturated carbocycles. The van der Waals surface area contributed by atoms with Gasteiger partial charge in [0.25, 0.3) is 10.2 Å². The molecule has 0 radical (unpaired) electrons. The van der Waals surface area contributed by atoms with Crippen LogP contribution >= 0.6 is 0 Å². The number of carboxylic acid groups (broad SMARTS) is 1. The summed E-state index contributed by atoms with van der Waals surface area (Å²) in [5.74, 6) is -1.01. The lowest BCUT2D eigenvalue weighted by molar-refractivity contribution is -0.131. The van der Waals surface area contributed by atoms with E-state index in [0.29, 0.717) is 13.1 Å². The van der Waals surface area contributed by atoms with Crippen molar-refractivity contribution in [3.05, 3.63) is 41.5 Å². The van der Waals surface area contributed by atoms with Crippen molar-refractivity contribution in [3.63, 3.8) is 0 Å². The van der Waals surface area contributed by atoms with Gasteiger partial charge in [0, 0.05) is 25.7 Å². The molecule has 0 amide bonds. The van der Waals surface area contributed by atoms with Crippen LogP contribution < -0.4 is 4.72 Å². The molecular formula is C14H20N2O4S. The molecule has 0 aromatic heterocycles. The highest BCUT2D eigenvalue weighted by atomic mass is 32.2. The van der Waals surface area contributed by atoms with Crippen molar-refractivity contribution in [2.24, 2.45) is 0 Å². The first-order valence-electron chi connectivity index (χ1n) is 6.63. The van der Waals surface area contributed by atoms with Gasteiger partial charge in [-0.25, -0.2) is 4.79 Å². The average molecular weight is 312 g/mol. The Bertz CT molecular complexity index is 590. The van der Waals surface area contributed by atoms with Gasteiger partial charge >= 0.3 is 5.97 Å². The van der Waals surface area contributed by atoms with Crippen LogP contribution in [0.3, 0.4) is 0 Å². The topological polar surface area (TPSA) is 86.7 Å². The van der Waals surface area contributed by atoms with Crippen LogP contribution in [0, 0.1) is 0 Å². The zero-order chi connectivity index (χ0) is 15.9. The molecule has 0 aliphatic rings. The fourth-order valence-electron chi connectivity index (χ4n) is 1.74. The number of hydrogen-bond donors (Lipinski definition) is 2. The quantitative estimate of drug-likeness (QED) is 0.712. The minimum absolute atomic E-state index is 0.196. The number of rotatable bonds is 8. The predicted octanol–water partition coefficient (Wildman–Crippen LogP) is 1.46. The van der Waals surface area contributed by atoms with Crippen LogP contribution in [-0.2, 0) is 21.5 Å². The highest BCUT2D eigenvalue weighted by molar-refractivity contribution is 7.87. The molecule has 6 nitrogen and oxygen atoms in total. The molecule has 0 unspecified atom stereocenters. The third-order valence-electron chi connectivity index (χ3n) is 2.90. The van der Waals surface area contributed by atoms with Crippen LogP contribution in [0.5, 0.6) is 0 Å². The summed E-state index contributed by atoms with van der Waals surface area (Å²) in [5.41, 5.74) is 1.55. The number of aliphatic carboxylic acids is 1. The van der Waals surface area contributed by atoms with Gasteiger partial charge in [-0.2, -0.15) is 17.4 Å². The van der Waals surface area contributed by atoms with Gasteiger partial charge < -0.3 is 5.11 Å². The molecule has 0 fully saturated rings. The maximum atomic E-state index is 11.9. The van der Waals surface area contributed by atoms with Crippen LogP contribution in [0.2, 0.25) is 0 Å². The SMILES string of the molecule is CCN(CC)S(=O)(=O)NCc1ccc(C=CC(=O)O)cc1. The van der Waals surface area contributed by atoms with E-state index in [1.807, 2.05) is 0 Å². The monoisotopic (exact) mass is 312 g/mol. The molecule has 0 aliphatic heterocycles. The first-order chi connectivity index (χ1) is 9.89. The third kappa shape index (κ3) is 5.66. The zero-order valence-corrected chi connectivity index (χ0v) is 12.9. The normalized spacial score (nSPS) is 12.1. The van der Waals surface area contributed by atoms with Crippen LogP contribution in [0.1, 0.15) is 25.0 Å². The van der Waals surface area contributed by atoms with E-state index in [1.54, 1.807) is 38.1 Å². The molecule has 116 valence electrons. The van der Waals surface area contributed by atoms with Crippen molar-refractivity contribution in [2.45, 2.75) is 20.4 Å². The molecule has 0 bridgehead atoms. The maximum absolute atomic E-state index is 11.9. The molecule has 1 rings (SSSR count). The molecule has 0 heterocycles. The van der Waals surface area contributed by atoms with Gasteiger partial charge in [-0.15, -0.1) is 0 Å². The van der Waals surface area contributed by atoms with E-state index in [0.717, 1.165) is 17.2 Å². The Labute approximate surface area is 125 Å². The van der Waals surface area contributed by atoms with E-state index in [4.69, 9.17) is 5.11 Å². The summed E-state index contributed by atoms with van der Waals surface area (Å²) < 4.78 is 27.8. The maximum Gasteiger partial charge on any atom is 0.328 e. The van der Waals surface area contributed by atoms with E-state index in [1.165, 1.54) is 10.4 Å². The average Bonchev–Trinajstić information content (AvgIpc) is 2.45. The van der Waals surface area contributed by atoms with Crippen molar-refractivity contribution >= 4 is 22.3 Å². The molecule has 1 aromatic carbocycles. The van der Waals surface area contributed by atoms with Crippen molar-refractivity contribution in [1.82, 2.24) is 9.03 Å². The Morgan fingerprint density at radius 2 is 1.81 bits per heavy atom. The summed E-state index contributed by atoms with van der Waals surface area (Å²) in [4.78, 5) is 10.4. The van der Waals surface area contributed by atoms with Gasteiger partial charge in [-0.05, 0) is 17.2 Å². The van der Waals surface area contributed by atoms with Crippen molar-refractivity contribution in [1.29, 1.82) is 0 Å². The van der Waals surface area contributed by atoms with Crippen LogP contribution in [0.15, 0.2) is 30.3 Å². The van der Waals surface area contributed by atoms with Gasteiger partial charge in [-0.3, -0.25) is 0 Å². The molecule has 2 N–H and O–H groups in total. The van der Waals surface area contributed by atoms with Gasteiger partial charge in [-0.1, -0.05) is 38.1 Å². The van der Waals surface area contributed by atoms with Crippen LogP contribution in [0.25, 0.3) is 6.08 Å². The van der Waals surface area contributed by atoms with Crippen molar-refractivity contribution in [3.8, 4) is 0 Å². The van der Waals surface area contributed by atoms with Crippen molar-refractivity contribution < 1.29 is 18.3 Å². The Hall–Kier alpha value is -1.70. The summed E-state index contributed by atoms with van der Waals surface area (Å²) in [7, 11) is -3.46. The largest absolute Gasteiger partial charge is 0.478 e. The molecule has 21 heavy (non-hydrogen) atoms. The highest BCUT2D eigenvalue weighted by Gasteiger charge is 2.17. The summed E-state index contributed by atoms with van der Waals surface area (Å²) in [6.07, 6.45) is 2.53. The first-order valence-corrected chi connectivity index (χ1v) is 8.07. The second kappa shape index (κ2) is 7.92. The van der Waals surface area contributed by atoms with E-state index >= 15 is 0 Å². The second-order valence-electron chi connectivity index (χ2n) is 4.32. The molecule has 0 spiro atoms. The Kier molecular flexibility index (Phi) is 6.54. The van der Waals surface area contributed by atoms with Gasteiger partial charge in [0.05, 0.1) is 0 Å². The lowest BCUT2D eigenvalue weighted by Gasteiger charge is -2.18. The second-order valence-corrected chi connectivity index (χ2v) is 6.08. The summed E-state index contributed by atoms with van der Waals surface area (Å²) in [5, 5.41) is 8.53. The van der Waals surface area contributed by atoms with Gasteiger partial charge in [0.15, 0.2) is 0 Å². The standard InChI is InChI=1S/C14H20N2O4S/c1-3-16(4-2)21(19,20)15-11-13-7-5-12(6-8-13)9-10-14(17)18/h5-10,15H,3-4,11H2,1-2H3,(H,17,18). The zero-order valence-electron chi connectivity index (χ0n) is 12.1. The fourth-order valence-corrected chi connectivity index (χ4v) is 2.95. The minimum Gasteiger partial charge on any atom is -0.478 e. The van der Waals surface area contributed by atoms with Crippen LogP contribution in [0.4, 0.5) is 0 Å². The summed E-state index contributed by atoms with van der Waals surface area (Å²) in [6, 6.07) is 6.99. The summed E-state index contributed by atoms with van der Waals surface area (Å²) >= 11 is 0. The Morgan fingerprint density at radius 3 is 2.29 bits per heavy atom. The number of carboxylic acids is 1. The van der Waals surface area contributed by atoms with E-state index in [2.05, 4.69) is 4.72 Å². The Morgan fingerprint density at radius 1 is 1.24 bits per heavy atom. The number of carbonyl (C=O) groups is 1. The molecule has 0 aliphatic carbocycles. The van der Waals surface area contributed by atoms with Crippen LogP contribution in [-0.4, -0.2) is 36.9 Å².